The number of fused-ring (bicyclic) bond motifs is 5. The van der Waals surface area contributed by atoms with Crippen molar-refractivity contribution in [2.75, 3.05) is 0 Å². The predicted molar refractivity (Wildman–Crippen MR) is 152 cm³/mol. The summed E-state index contributed by atoms with van der Waals surface area (Å²) in [6, 6.07) is 37.8. The van der Waals surface area contributed by atoms with E-state index in [1.54, 1.807) is 0 Å². The van der Waals surface area contributed by atoms with Gasteiger partial charge in [0.1, 0.15) is 0 Å². The largest absolute Gasteiger partial charge is 0.256 e. The molecule has 1 heterocycles. The van der Waals surface area contributed by atoms with E-state index in [0.717, 1.165) is 5.69 Å². The molecule has 36 heavy (non-hydrogen) atoms. The number of benzene rings is 5. The lowest BCUT2D eigenvalue weighted by atomic mass is 9.81. The molecule has 0 fully saturated rings. The second kappa shape index (κ2) is 7.63. The van der Waals surface area contributed by atoms with Crippen LogP contribution in [0.1, 0.15) is 30.5 Å². The molecule has 0 spiro atoms. The molecule has 5 aromatic carbocycles. The lowest BCUT2D eigenvalue weighted by molar-refractivity contribution is 0.660. The van der Waals surface area contributed by atoms with Crippen LogP contribution in [0, 0.1) is 6.92 Å². The van der Waals surface area contributed by atoms with Crippen LogP contribution in [0.5, 0.6) is 0 Å². The van der Waals surface area contributed by atoms with Gasteiger partial charge in [0.05, 0.1) is 5.69 Å². The molecule has 6 aromatic rings. The van der Waals surface area contributed by atoms with Gasteiger partial charge < -0.3 is 0 Å². The standard InChI is InChI=1S/C35H27N/c1-22-15-17-27-29(20-22)33(25-11-4-5-12-26(25)34(27)32-14-8-9-19-36-32)23-16-18-31-28(21-23)24-10-6-7-13-30(24)35(31,2)3/h4-21H,1-3H3. The van der Waals surface area contributed by atoms with Gasteiger partial charge in [0.15, 0.2) is 0 Å². The molecule has 1 aliphatic rings. The molecule has 0 saturated heterocycles. The first-order valence-corrected chi connectivity index (χ1v) is 12.7. The van der Waals surface area contributed by atoms with E-state index in [4.69, 9.17) is 4.98 Å². The van der Waals surface area contributed by atoms with Crippen LogP contribution in [-0.4, -0.2) is 4.98 Å². The van der Waals surface area contributed by atoms with Crippen molar-refractivity contribution in [3.8, 4) is 33.5 Å². The maximum Gasteiger partial charge on any atom is 0.0714 e. The van der Waals surface area contributed by atoms with Crippen LogP contribution in [0.25, 0.3) is 55.1 Å². The third kappa shape index (κ3) is 2.93. The molecule has 0 aliphatic heterocycles. The van der Waals surface area contributed by atoms with Gasteiger partial charge in [0, 0.05) is 17.2 Å². The minimum absolute atomic E-state index is 0.00795. The smallest absolute Gasteiger partial charge is 0.0714 e. The third-order valence-electron chi connectivity index (χ3n) is 7.97. The molecule has 7 rings (SSSR count). The Morgan fingerprint density at radius 1 is 0.556 bits per heavy atom. The van der Waals surface area contributed by atoms with E-state index in [2.05, 4.69) is 118 Å². The van der Waals surface area contributed by atoms with Crippen molar-refractivity contribution in [1.82, 2.24) is 4.98 Å². The molecule has 0 atom stereocenters. The molecule has 0 unspecified atom stereocenters. The van der Waals surface area contributed by atoms with E-state index < -0.39 is 0 Å². The van der Waals surface area contributed by atoms with Crippen molar-refractivity contribution in [3.63, 3.8) is 0 Å². The summed E-state index contributed by atoms with van der Waals surface area (Å²) >= 11 is 0. The van der Waals surface area contributed by atoms with Gasteiger partial charge in [-0.2, -0.15) is 0 Å². The van der Waals surface area contributed by atoms with Gasteiger partial charge in [-0.25, -0.2) is 0 Å². The molecule has 1 nitrogen and oxygen atoms in total. The van der Waals surface area contributed by atoms with Gasteiger partial charge in [0.25, 0.3) is 0 Å². The van der Waals surface area contributed by atoms with E-state index >= 15 is 0 Å². The Balaban J connectivity index is 1.60. The van der Waals surface area contributed by atoms with E-state index in [9.17, 15) is 0 Å². The number of aryl methyl sites for hydroxylation is 1. The zero-order valence-corrected chi connectivity index (χ0v) is 20.8. The minimum atomic E-state index is 0.00795. The Morgan fingerprint density at radius 3 is 2.06 bits per heavy atom. The fourth-order valence-corrected chi connectivity index (χ4v) is 6.27. The van der Waals surface area contributed by atoms with Crippen molar-refractivity contribution < 1.29 is 0 Å². The van der Waals surface area contributed by atoms with E-state index in [1.165, 1.54) is 66.1 Å². The topological polar surface area (TPSA) is 12.9 Å². The van der Waals surface area contributed by atoms with Crippen molar-refractivity contribution in [3.05, 3.63) is 126 Å². The molecule has 0 amide bonds. The third-order valence-corrected chi connectivity index (χ3v) is 7.97. The molecular weight excluding hydrogens is 434 g/mol. The van der Waals surface area contributed by atoms with E-state index in [0.29, 0.717) is 0 Å². The van der Waals surface area contributed by atoms with Crippen LogP contribution in [0.3, 0.4) is 0 Å². The van der Waals surface area contributed by atoms with Crippen molar-refractivity contribution in [1.29, 1.82) is 0 Å². The Morgan fingerprint density at radius 2 is 1.25 bits per heavy atom. The van der Waals surface area contributed by atoms with Gasteiger partial charge in [0.2, 0.25) is 0 Å². The molecule has 1 aliphatic carbocycles. The number of aromatic nitrogens is 1. The fourth-order valence-electron chi connectivity index (χ4n) is 6.27. The first-order valence-electron chi connectivity index (χ1n) is 12.7. The normalized spacial score (nSPS) is 13.6. The molecule has 1 heteroatoms. The summed E-state index contributed by atoms with van der Waals surface area (Å²) < 4.78 is 0. The Kier molecular flexibility index (Phi) is 4.47. The molecule has 0 N–H and O–H groups in total. The van der Waals surface area contributed by atoms with E-state index in [-0.39, 0.29) is 5.41 Å². The number of nitrogens with zero attached hydrogens (tertiary/aromatic N) is 1. The summed E-state index contributed by atoms with van der Waals surface area (Å²) in [5, 5.41) is 5.03. The summed E-state index contributed by atoms with van der Waals surface area (Å²) in [7, 11) is 0. The zero-order chi connectivity index (χ0) is 24.4. The number of hydrogen-bond donors (Lipinski definition) is 0. The quantitative estimate of drug-likeness (QED) is 0.234. The number of hydrogen-bond acceptors (Lipinski definition) is 1. The molecular formula is C35H27N. The maximum atomic E-state index is 4.76. The SMILES string of the molecule is Cc1ccc2c(-c3ccccn3)c3ccccc3c(-c3ccc4c(c3)-c3ccccc3C4(C)C)c2c1. The second-order valence-corrected chi connectivity index (χ2v) is 10.5. The summed E-state index contributed by atoms with van der Waals surface area (Å²) in [5.41, 5.74) is 11.6. The van der Waals surface area contributed by atoms with Crippen LogP contribution in [0.4, 0.5) is 0 Å². The highest BCUT2D eigenvalue weighted by molar-refractivity contribution is 6.21. The first-order chi connectivity index (χ1) is 17.5. The highest BCUT2D eigenvalue weighted by atomic mass is 14.7. The van der Waals surface area contributed by atoms with Gasteiger partial charge >= 0.3 is 0 Å². The van der Waals surface area contributed by atoms with Crippen molar-refractivity contribution in [2.24, 2.45) is 0 Å². The monoisotopic (exact) mass is 461 g/mol. The lowest BCUT2D eigenvalue weighted by Crippen LogP contribution is -2.14. The number of pyridine rings is 1. The van der Waals surface area contributed by atoms with Gasteiger partial charge in [-0.1, -0.05) is 104 Å². The second-order valence-electron chi connectivity index (χ2n) is 10.5. The molecule has 0 saturated carbocycles. The van der Waals surface area contributed by atoms with Crippen molar-refractivity contribution >= 4 is 21.5 Å². The molecule has 0 radical (unpaired) electrons. The van der Waals surface area contributed by atoms with Crippen LogP contribution >= 0.6 is 0 Å². The van der Waals surface area contributed by atoms with Crippen LogP contribution in [-0.2, 0) is 5.41 Å². The van der Waals surface area contributed by atoms with Crippen LogP contribution in [0.2, 0.25) is 0 Å². The molecule has 1 aromatic heterocycles. The van der Waals surface area contributed by atoms with Crippen LogP contribution < -0.4 is 0 Å². The zero-order valence-electron chi connectivity index (χ0n) is 20.8. The minimum Gasteiger partial charge on any atom is -0.256 e. The fraction of sp³-hybridized carbons (Fsp3) is 0.114. The summed E-state index contributed by atoms with van der Waals surface area (Å²) in [6.45, 7) is 6.86. The predicted octanol–water partition coefficient (Wildman–Crippen LogP) is 9.34. The van der Waals surface area contributed by atoms with Crippen molar-refractivity contribution in [2.45, 2.75) is 26.2 Å². The summed E-state index contributed by atoms with van der Waals surface area (Å²) in [5.74, 6) is 0. The first kappa shape index (κ1) is 21.1. The van der Waals surface area contributed by atoms with E-state index in [1.807, 2.05) is 12.3 Å². The highest BCUT2D eigenvalue weighted by Gasteiger charge is 2.35. The highest BCUT2D eigenvalue weighted by Crippen LogP contribution is 2.51. The van der Waals surface area contributed by atoms with Gasteiger partial charge in [-0.3, -0.25) is 4.98 Å². The van der Waals surface area contributed by atoms with Gasteiger partial charge in [-0.15, -0.1) is 0 Å². The molecule has 0 bridgehead atoms. The maximum absolute atomic E-state index is 4.76. The van der Waals surface area contributed by atoms with Gasteiger partial charge in [-0.05, 0) is 80.0 Å². The molecule has 172 valence electrons. The Labute approximate surface area is 212 Å². The number of rotatable bonds is 2. The Hall–Kier alpha value is -4.23. The summed E-state index contributed by atoms with van der Waals surface area (Å²) in [4.78, 5) is 4.76. The van der Waals surface area contributed by atoms with Crippen LogP contribution in [0.15, 0.2) is 109 Å². The average Bonchev–Trinajstić information content (AvgIpc) is 3.14. The lowest BCUT2D eigenvalue weighted by Gasteiger charge is -2.22. The Bertz CT molecular complexity index is 1810. The summed E-state index contributed by atoms with van der Waals surface area (Å²) in [6.07, 6.45) is 1.89. The average molecular weight is 462 g/mol.